The number of carbonyl (C=O) groups excluding carboxylic acids is 1. The molecule has 1 fully saturated rings. The monoisotopic (exact) mass is 236 g/mol. The molecule has 0 bridgehead atoms. The van der Waals surface area contributed by atoms with Gasteiger partial charge in [0.15, 0.2) is 0 Å². The number of amides is 1. The van der Waals surface area contributed by atoms with Gasteiger partial charge in [0, 0.05) is 20.6 Å². The highest BCUT2D eigenvalue weighted by Crippen LogP contribution is 2.38. The predicted molar refractivity (Wildman–Crippen MR) is 66.6 cm³/mol. The molecule has 94 valence electrons. The predicted octanol–water partition coefficient (Wildman–Crippen LogP) is 1.04. The van der Waals surface area contributed by atoms with Gasteiger partial charge in [-0.25, -0.2) is 0 Å². The summed E-state index contributed by atoms with van der Waals surface area (Å²) >= 11 is 0. The van der Waals surface area contributed by atoms with Crippen molar-refractivity contribution in [1.29, 1.82) is 0 Å². The van der Waals surface area contributed by atoms with Crippen molar-refractivity contribution in [2.45, 2.75) is 20.3 Å². The van der Waals surface area contributed by atoms with E-state index in [2.05, 4.69) is 12.0 Å². The first-order valence-electron chi connectivity index (χ1n) is 5.96. The maximum absolute atomic E-state index is 12.3. The van der Waals surface area contributed by atoms with Crippen molar-refractivity contribution in [1.82, 2.24) is 14.7 Å². The Labute approximate surface area is 102 Å². The molecule has 0 spiro atoms. The van der Waals surface area contributed by atoms with E-state index in [-0.39, 0.29) is 5.91 Å². The Bertz CT molecular complexity index is 452. The van der Waals surface area contributed by atoms with Gasteiger partial charge in [0.05, 0.1) is 11.4 Å². The number of nitrogens with zero attached hydrogens (tertiary/aromatic N) is 3. The Morgan fingerprint density at radius 3 is 2.65 bits per heavy atom. The second-order valence-electron chi connectivity index (χ2n) is 5.13. The smallest absolute Gasteiger partial charge is 0.274 e. The Hall–Kier alpha value is -1.52. The summed E-state index contributed by atoms with van der Waals surface area (Å²) < 4.78 is 1.57. The molecule has 2 rings (SSSR count). The number of nitrogen functional groups attached to an aromatic ring is 1. The molecule has 0 saturated heterocycles. The van der Waals surface area contributed by atoms with Crippen LogP contribution in [0.3, 0.4) is 0 Å². The van der Waals surface area contributed by atoms with Gasteiger partial charge >= 0.3 is 0 Å². The lowest BCUT2D eigenvalue weighted by atomic mass is 10.2. The summed E-state index contributed by atoms with van der Waals surface area (Å²) in [6, 6.07) is 0. The molecule has 2 unspecified atom stereocenters. The second-order valence-corrected chi connectivity index (χ2v) is 5.13. The molecule has 5 heteroatoms. The van der Waals surface area contributed by atoms with E-state index < -0.39 is 0 Å². The molecule has 0 aliphatic heterocycles. The van der Waals surface area contributed by atoms with Gasteiger partial charge in [-0.05, 0) is 25.2 Å². The number of anilines is 1. The van der Waals surface area contributed by atoms with E-state index in [4.69, 9.17) is 5.73 Å². The van der Waals surface area contributed by atoms with Crippen molar-refractivity contribution in [3.8, 4) is 0 Å². The average molecular weight is 236 g/mol. The quantitative estimate of drug-likeness (QED) is 0.852. The van der Waals surface area contributed by atoms with Crippen LogP contribution < -0.4 is 5.73 Å². The van der Waals surface area contributed by atoms with Crippen LogP contribution in [0.4, 0.5) is 5.69 Å². The fraction of sp³-hybridized carbons (Fsp3) is 0.667. The maximum Gasteiger partial charge on any atom is 0.274 e. The highest BCUT2D eigenvalue weighted by molar-refractivity contribution is 5.97. The minimum atomic E-state index is -0.0373. The minimum Gasteiger partial charge on any atom is -0.395 e. The van der Waals surface area contributed by atoms with Crippen molar-refractivity contribution in [2.75, 3.05) is 19.3 Å². The Kier molecular flexibility index (Phi) is 2.85. The molecule has 2 atom stereocenters. The largest absolute Gasteiger partial charge is 0.395 e. The highest BCUT2D eigenvalue weighted by atomic mass is 16.2. The number of aryl methyl sites for hydroxylation is 2. The van der Waals surface area contributed by atoms with Crippen LogP contribution in [0, 0.1) is 18.8 Å². The number of hydrogen-bond donors (Lipinski definition) is 1. The first kappa shape index (κ1) is 12.0. The molecule has 5 nitrogen and oxygen atoms in total. The molecule has 1 aromatic heterocycles. The standard InChI is InChI=1S/C12H20N4O/c1-7-5-9(7)6-15(3)12(17)11-10(13)8(2)14-16(11)4/h7,9H,5-6,13H2,1-4H3. The zero-order valence-electron chi connectivity index (χ0n) is 10.9. The van der Waals surface area contributed by atoms with E-state index in [0.29, 0.717) is 23.0 Å². The third kappa shape index (κ3) is 2.14. The van der Waals surface area contributed by atoms with Gasteiger partial charge in [0.25, 0.3) is 5.91 Å². The van der Waals surface area contributed by atoms with Gasteiger partial charge in [0.1, 0.15) is 5.69 Å². The molecule has 1 heterocycles. The molecule has 1 aliphatic rings. The molecule has 0 aromatic carbocycles. The maximum atomic E-state index is 12.3. The highest BCUT2D eigenvalue weighted by Gasteiger charge is 2.35. The number of carbonyl (C=O) groups is 1. The number of nitrogens with two attached hydrogens (primary N) is 1. The number of hydrogen-bond acceptors (Lipinski definition) is 3. The van der Waals surface area contributed by atoms with Crippen LogP contribution in [-0.2, 0) is 7.05 Å². The van der Waals surface area contributed by atoms with E-state index in [0.717, 1.165) is 12.5 Å². The molecule has 0 radical (unpaired) electrons. The Morgan fingerprint density at radius 1 is 1.65 bits per heavy atom. The summed E-state index contributed by atoms with van der Waals surface area (Å²) in [4.78, 5) is 14.0. The molecular weight excluding hydrogens is 216 g/mol. The molecule has 17 heavy (non-hydrogen) atoms. The van der Waals surface area contributed by atoms with Crippen molar-refractivity contribution < 1.29 is 4.79 Å². The first-order chi connectivity index (χ1) is 7.91. The van der Waals surface area contributed by atoms with Crippen LogP contribution in [-0.4, -0.2) is 34.2 Å². The van der Waals surface area contributed by atoms with Crippen molar-refractivity contribution >= 4 is 11.6 Å². The second kappa shape index (κ2) is 4.05. The summed E-state index contributed by atoms with van der Waals surface area (Å²) in [6.07, 6.45) is 1.22. The van der Waals surface area contributed by atoms with E-state index in [1.165, 1.54) is 6.42 Å². The summed E-state index contributed by atoms with van der Waals surface area (Å²) in [5.74, 6) is 1.36. The Balaban J connectivity index is 2.13. The lowest BCUT2D eigenvalue weighted by Gasteiger charge is -2.17. The van der Waals surface area contributed by atoms with Crippen LogP contribution in [0.1, 0.15) is 29.5 Å². The van der Waals surface area contributed by atoms with E-state index >= 15 is 0 Å². The van der Waals surface area contributed by atoms with Gasteiger partial charge in [-0.3, -0.25) is 9.48 Å². The van der Waals surface area contributed by atoms with Gasteiger partial charge in [-0.15, -0.1) is 0 Å². The van der Waals surface area contributed by atoms with E-state index in [9.17, 15) is 4.79 Å². The lowest BCUT2D eigenvalue weighted by Crippen LogP contribution is -2.31. The lowest BCUT2D eigenvalue weighted by molar-refractivity contribution is 0.0777. The third-order valence-corrected chi connectivity index (χ3v) is 3.60. The van der Waals surface area contributed by atoms with E-state index in [1.807, 2.05) is 14.0 Å². The molecule has 1 aliphatic carbocycles. The first-order valence-corrected chi connectivity index (χ1v) is 5.96. The fourth-order valence-electron chi connectivity index (χ4n) is 2.20. The molecular formula is C12H20N4O. The topological polar surface area (TPSA) is 64.2 Å². The van der Waals surface area contributed by atoms with Crippen LogP contribution in [0.2, 0.25) is 0 Å². The summed E-state index contributed by atoms with van der Waals surface area (Å²) in [5, 5.41) is 4.17. The molecule has 1 saturated carbocycles. The van der Waals surface area contributed by atoms with Crippen LogP contribution in [0.25, 0.3) is 0 Å². The number of aromatic nitrogens is 2. The van der Waals surface area contributed by atoms with Crippen molar-refractivity contribution in [3.05, 3.63) is 11.4 Å². The minimum absolute atomic E-state index is 0.0373. The fourth-order valence-corrected chi connectivity index (χ4v) is 2.20. The van der Waals surface area contributed by atoms with Crippen molar-refractivity contribution in [3.63, 3.8) is 0 Å². The van der Waals surface area contributed by atoms with Gasteiger partial charge in [-0.2, -0.15) is 5.10 Å². The van der Waals surface area contributed by atoms with Crippen molar-refractivity contribution in [2.24, 2.45) is 18.9 Å². The zero-order valence-corrected chi connectivity index (χ0v) is 10.9. The van der Waals surface area contributed by atoms with Gasteiger partial charge in [-0.1, -0.05) is 6.92 Å². The average Bonchev–Trinajstić information content (AvgIpc) is 2.86. The van der Waals surface area contributed by atoms with Crippen LogP contribution >= 0.6 is 0 Å². The summed E-state index contributed by atoms with van der Waals surface area (Å²) in [5.41, 5.74) is 7.59. The van der Waals surface area contributed by atoms with Crippen LogP contribution in [0.15, 0.2) is 0 Å². The van der Waals surface area contributed by atoms with Gasteiger partial charge < -0.3 is 10.6 Å². The normalized spacial score (nSPS) is 22.6. The number of rotatable bonds is 3. The van der Waals surface area contributed by atoms with Crippen LogP contribution in [0.5, 0.6) is 0 Å². The summed E-state index contributed by atoms with van der Waals surface area (Å²) in [7, 11) is 3.58. The molecule has 2 N–H and O–H groups in total. The SMILES string of the molecule is Cc1nn(C)c(C(=O)N(C)CC2CC2C)c1N. The molecule has 1 aromatic rings. The summed E-state index contributed by atoms with van der Waals surface area (Å²) in [6.45, 7) is 4.84. The molecule has 1 amide bonds. The zero-order chi connectivity index (χ0) is 12.7. The Morgan fingerprint density at radius 2 is 2.24 bits per heavy atom. The van der Waals surface area contributed by atoms with E-state index in [1.54, 1.807) is 16.6 Å². The van der Waals surface area contributed by atoms with Gasteiger partial charge in [0.2, 0.25) is 0 Å². The third-order valence-electron chi connectivity index (χ3n) is 3.60.